The Morgan fingerprint density at radius 2 is 2.17 bits per heavy atom. The van der Waals surface area contributed by atoms with E-state index in [1.165, 1.54) is 0 Å². The zero-order chi connectivity index (χ0) is 14.0. The van der Waals surface area contributed by atoms with E-state index in [4.69, 9.17) is 0 Å². The number of unbranched alkanes of at least 4 members (excludes halogenated alkanes) is 1. The maximum atomic E-state index is 9.23. The Kier molecular flexibility index (Phi) is 8.46. The van der Waals surface area contributed by atoms with Crippen LogP contribution in [0.2, 0.25) is 0 Å². The number of hydrogen-bond acceptors (Lipinski definition) is 2. The molecule has 0 bridgehead atoms. The molecule has 4 heteroatoms. The summed E-state index contributed by atoms with van der Waals surface area (Å²) in [5, 5.41) is 12.5. The predicted octanol–water partition coefficient (Wildman–Crippen LogP) is 1.87. The van der Waals surface area contributed by atoms with Gasteiger partial charge in [0.1, 0.15) is 0 Å². The molecule has 0 spiro atoms. The normalized spacial score (nSPS) is 12.4. The maximum absolute atomic E-state index is 9.23. The van der Waals surface area contributed by atoms with Crippen LogP contribution in [0.4, 0.5) is 0 Å². The second-order valence-corrected chi connectivity index (χ2v) is 5.34. The molecule has 106 valence electrons. The number of allylic oxidation sites excluding steroid dienone is 1. The van der Waals surface area contributed by atoms with Gasteiger partial charge < -0.3 is 15.3 Å². The molecule has 0 saturated carbocycles. The fourth-order valence-corrected chi connectivity index (χ4v) is 1.39. The minimum absolute atomic E-state index is 0.149. The van der Waals surface area contributed by atoms with Gasteiger partial charge in [0.2, 0.25) is 0 Å². The highest BCUT2D eigenvalue weighted by molar-refractivity contribution is 5.79. The van der Waals surface area contributed by atoms with Gasteiger partial charge in [-0.25, -0.2) is 0 Å². The van der Waals surface area contributed by atoms with Crippen LogP contribution >= 0.6 is 0 Å². The summed E-state index contributed by atoms with van der Waals surface area (Å²) in [6.07, 6.45) is 4.03. The standard InChI is InChI=1S/C14H29N3O/c1-6-8-9-10-17(5)13(15-7-2)16-11-14(3,4)12-18/h6,18H,1,7-12H2,2-5H3,(H,15,16). The monoisotopic (exact) mass is 255 g/mol. The first-order chi connectivity index (χ1) is 8.46. The number of rotatable bonds is 8. The van der Waals surface area contributed by atoms with Crippen molar-refractivity contribution in [2.75, 3.05) is 33.3 Å². The third kappa shape index (κ3) is 7.33. The van der Waals surface area contributed by atoms with Crippen molar-refractivity contribution in [1.82, 2.24) is 10.2 Å². The van der Waals surface area contributed by atoms with E-state index in [1.54, 1.807) is 0 Å². The molecule has 0 aliphatic carbocycles. The van der Waals surface area contributed by atoms with Gasteiger partial charge in [0, 0.05) is 32.2 Å². The molecule has 0 heterocycles. The van der Waals surface area contributed by atoms with Crippen molar-refractivity contribution in [3.8, 4) is 0 Å². The van der Waals surface area contributed by atoms with Crippen molar-refractivity contribution >= 4 is 5.96 Å². The summed E-state index contributed by atoms with van der Waals surface area (Å²) in [5.74, 6) is 0.906. The van der Waals surface area contributed by atoms with Gasteiger partial charge in [-0.15, -0.1) is 6.58 Å². The van der Waals surface area contributed by atoms with Crippen molar-refractivity contribution in [1.29, 1.82) is 0 Å². The fourth-order valence-electron chi connectivity index (χ4n) is 1.39. The van der Waals surface area contributed by atoms with Crippen LogP contribution in [0.1, 0.15) is 33.6 Å². The zero-order valence-electron chi connectivity index (χ0n) is 12.4. The van der Waals surface area contributed by atoms with Crippen LogP contribution < -0.4 is 5.32 Å². The Hall–Kier alpha value is -1.03. The molecule has 0 saturated heterocycles. The van der Waals surface area contributed by atoms with Crippen molar-refractivity contribution in [2.45, 2.75) is 33.6 Å². The van der Waals surface area contributed by atoms with E-state index in [9.17, 15) is 5.11 Å². The number of aliphatic hydroxyl groups is 1. The molecular formula is C14H29N3O. The first-order valence-electron chi connectivity index (χ1n) is 6.68. The lowest BCUT2D eigenvalue weighted by atomic mass is 9.95. The van der Waals surface area contributed by atoms with Crippen LogP contribution in [0.15, 0.2) is 17.6 Å². The first-order valence-corrected chi connectivity index (χ1v) is 6.68. The Morgan fingerprint density at radius 1 is 1.50 bits per heavy atom. The second kappa shape index (κ2) is 8.97. The average molecular weight is 255 g/mol. The largest absolute Gasteiger partial charge is 0.396 e. The average Bonchev–Trinajstić information content (AvgIpc) is 2.34. The number of nitrogens with zero attached hydrogens (tertiary/aromatic N) is 2. The summed E-state index contributed by atoms with van der Waals surface area (Å²) in [4.78, 5) is 6.71. The van der Waals surface area contributed by atoms with Gasteiger partial charge >= 0.3 is 0 Å². The molecule has 0 aromatic rings. The van der Waals surface area contributed by atoms with Gasteiger partial charge in [-0.1, -0.05) is 19.9 Å². The van der Waals surface area contributed by atoms with Crippen LogP contribution in [0.3, 0.4) is 0 Å². The number of hydrogen-bond donors (Lipinski definition) is 2. The van der Waals surface area contributed by atoms with Gasteiger partial charge in [0.25, 0.3) is 0 Å². The van der Waals surface area contributed by atoms with E-state index in [0.717, 1.165) is 31.9 Å². The first kappa shape index (κ1) is 17.0. The molecule has 0 atom stereocenters. The Morgan fingerprint density at radius 3 is 2.67 bits per heavy atom. The Labute approximate surface area is 112 Å². The summed E-state index contributed by atoms with van der Waals surface area (Å²) in [7, 11) is 2.04. The number of aliphatic hydroxyl groups excluding tert-OH is 1. The lowest BCUT2D eigenvalue weighted by molar-refractivity contribution is 0.167. The van der Waals surface area contributed by atoms with Crippen LogP contribution in [-0.2, 0) is 0 Å². The molecule has 0 rings (SSSR count). The molecule has 4 nitrogen and oxygen atoms in total. The number of guanidine groups is 1. The van der Waals surface area contributed by atoms with Crippen LogP contribution in [0.5, 0.6) is 0 Å². The summed E-state index contributed by atoms with van der Waals surface area (Å²) < 4.78 is 0. The van der Waals surface area contributed by atoms with Gasteiger partial charge in [-0.05, 0) is 19.8 Å². The smallest absolute Gasteiger partial charge is 0.193 e. The van der Waals surface area contributed by atoms with E-state index >= 15 is 0 Å². The van der Waals surface area contributed by atoms with E-state index < -0.39 is 0 Å². The lowest BCUT2D eigenvalue weighted by Gasteiger charge is -2.24. The van der Waals surface area contributed by atoms with Crippen LogP contribution in [-0.4, -0.2) is 49.3 Å². The molecule has 0 amide bonds. The molecule has 0 aliphatic heterocycles. The van der Waals surface area contributed by atoms with Crippen LogP contribution in [0, 0.1) is 5.41 Å². The number of nitrogens with one attached hydrogen (secondary N) is 1. The third-order valence-corrected chi connectivity index (χ3v) is 2.68. The van der Waals surface area contributed by atoms with Crippen molar-refractivity contribution in [3.63, 3.8) is 0 Å². The summed E-state index contributed by atoms with van der Waals surface area (Å²) >= 11 is 0. The Bertz CT molecular complexity index is 262. The van der Waals surface area contributed by atoms with Gasteiger partial charge in [0.15, 0.2) is 5.96 Å². The van der Waals surface area contributed by atoms with E-state index in [-0.39, 0.29) is 12.0 Å². The predicted molar refractivity (Wildman–Crippen MR) is 78.9 cm³/mol. The molecular weight excluding hydrogens is 226 g/mol. The van der Waals surface area contributed by atoms with Gasteiger partial charge in [-0.2, -0.15) is 0 Å². The SMILES string of the molecule is C=CCCCN(C)C(=NCC(C)(C)CO)NCC. The van der Waals surface area contributed by atoms with E-state index in [1.807, 2.05) is 27.0 Å². The highest BCUT2D eigenvalue weighted by Gasteiger charge is 2.16. The molecule has 0 aromatic carbocycles. The van der Waals surface area contributed by atoms with Gasteiger partial charge in [0.05, 0.1) is 6.54 Å². The minimum atomic E-state index is -0.164. The topological polar surface area (TPSA) is 47.9 Å². The second-order valence-electron chi connectivity index (χ2n) is 5.34. The highest BCUT2D eigenvalue weighted by atomic mass is 16.3. The molecule has 0 aliphatic rings. The third-order valence-electron chi connectivity index (χ3n) is 2.68. The quantitative estimate of drug-likeness (QED) is 0.301. The minimum Gasteiger partial charge on any atom is -0.396 e. The fraction of sp³-hybridized carbons (Fsp3) is 0.786. The summed E-state index contributed by atoms with van der Waals surface area (Å²) in [5.41, 5.74) is -0.164. The molecule has 0 fully saturated rings. The molecule has 0 radical (unpaired) electrons. The summed E-state index contributed by atoms with van der Waals surface area (Å²) in [6.45, 7) is 12.4. The molecule has 0 unspecified atom stereocenters. The Balaban J connectivity index is 4.43. The van der Waals surface area contributed by atoms with E-state index in [0.29, 0.717) is 6.54 Å². The van der Waals surface area contributed by atoms with Crippen molar-refractivity contribution in [2.24, 2.45) is 10.4 Å². The maximum Gasteiger partial charge on any atom is 0.193 e. The van der Waals surface area contributed by atoms with Gasteiger partial charge in [-0.3, -0.25) is 4.99 Å². The highest BCUT2D eigenvalue weighted by Crippen LogP contribution is 2.13. The summed E-state index contributed by atoms with van der Waals surface area (Å²) in [6, 6.07) is 0. The van der Waals surface area contributed by atoms with Crippen molar-refractivity contribution in [3.05, 3.63) is 12.7 Å². The van der Waals surface area contributed by atoms with Crippen LogP contribution in [0.25, 0.3) is 0 Å². The molecule has 18 heavy (non-hydrogen) atoms. The number of aliphatic imine (C=N–C) groups is 1. The molecule has 2 N–H and O–H groups in total. The zero-order valence-corrected chi connectivity index (χ0v) is 12.4. The lowest BCUT2D eigenvalue weighted by Crippen LogP contribution is -2.40. The van der Waals surface area contributed by atoms with Crippen molar-refractivity contribution < 1.29 is 5.11 Å². The van der Waals surface area contributed by atoms with E-state index in [2.05, 4.69) is 28.7 Å². The molecule has 0 aromatic heterocycles.